The van der Waals surface area contributed by atoms with Crippen molar-refractivity contribution in [3.8, 4) is 0 Å². The van der Waals surface area contributed by atoms with Gasteiger partial charge in [0, 0.05) is 14.1 Å². The first-order valence-corrected chi connectivity index (χ1v) is 6.70. The highest BCUT2D eigenvalue weighted by molar-refractivity contribution is 8.14. The molecule has 0 bridgehead atoms. The van der Waals surface area contributed by atoms with E-state index in [-0.39, 0.29) is 6.54 Å². The van der Waals surface area contributed by atoms with E-state index >= 15 is 0 Å². The van der Waals surface area contributed by atoms with Crippen LogP contribution in [0, 0.1) is 0 Å². The van der Waals surface area contributed by atoms with Crippen molar-refractivity contribution in [2.45, 2.75) is 29.8 Å². The van der Waals surface area contributed by atoms with E-state index < -0.39 is 35.9 Å². The first-order valence-electron chi connectivity index (χ1n) is 5.82. The Balaban J connectivity index is 2.05. The summed E-state index contributed by atoms with van der Waals surface area (Å²) in [5, 5.41) is 32.3. The number of carbonyl (C=O) groups is 1. The first-order chi connectivity index (χ1) is 8.93. The smallest absolute Gasteiger partial charge is 0.407 e. The Morgan fingerprint density at radius 2 is 2.21 bits per heavy atom. The molecule has 1 fully saturated rings. The molecule has 19 heavy (non-hydrogen) atoms. The van der Waals surface area contributed by atoms with Crippen molar-refractivity contribution in [3.05, 3.63) is 0 Å². The van der Waals surface area contributed by atoms with Crippen LogP contribution < -0.4 is 5.32 Å². The molecular formula is C10H17N3O5S. The molecule has 9 heteroatoms. The molecule has 0 unspecified atom stereocenters. The Morgan fingerprint density at radius 3 is 2.79 bits per heavy atom. The predicted octanol–water partition coefficient (Wildman–Crippen LogP) is -1.27. The molecule has 0 aromatic heterocycles. The molecule has 2 rings (SSSR count). The lowest BCUT2D eigenvalue weighted by Gasteiger charge is -2.39. The quantitative estimate of drug-likeness (QED) is 0.501. The van der Waals surface area contributed by atoms with Crippen LogP contribution in [0.3, 0.4) is 0 Å². The number of ether oxygens (including phenoxy) is 1. The number of thioether (sulfide) groups is 1. The molecule has 0 saturated carbocycles. The van der Waals surface area contributed by atoms with Gasteiger partial charge in [0.15, 0.2) is 5.17 Å². The molecule has 0 aliphatic carbocycles. The molecule has 1 amide bonds. The van der Waals surface area contributed by atoms with Crippen LogP contribution in [0.15, 0.2) is 4.99 Å². The van der Waals surface area contributed by atoms with Gasteiger partial charge in [-0.15, -0.1) is 0 Å². The second kappa shape index (κ2) is 5.53. The van der Waals surface area contributed by atoms with Crippen LogP contribution in [0.25, 0.3) is 0 Å². The lowest BCUT2D eigenvalue weighted by molar-refractivity contribution is -0.156. The Labute approximate surface area is 114 Å². The summed E-state index contributed by atoms with van der Waals surface area (Å²) >= 11 is 1.32. The summed E-state index contributed by atoms with van der Waals surface area (Å²) in [6, 6.07) is -0.533. The molecule has 2 heterocycles. The van der Waals surface area contributed by atoms with Gasteiger partial charge in [0.1, 0.15) is 29.8 Å². The number of carboxylic acid groups (broad SMARTS) is 1. The lowest BCUT2D eigenvalue weighted by Crippen LogP contribution is -2.57. The van der Waals surface area contributed by atoms with E-state index in [1.165, 1.54) is 18.8 Å². The molecule has 2 aliphatic heterocycles. The largest absolute Gasteiger partial charge is 0.465 e. The highest BCUT2D eigenvalue weighted by atomic mass is 32.2. The Bertz CT molecular complexity index is 393. The highest BCUT2D eigenvalue weighted by Crippen LogP contribution is 2.35. The number of amides is 1. The maximum absolute atomic E-state index is 10.8. The summed E-state index contributed by atoms with van der Waals surface area (Å²) in [6.45, 7) is -0.00771. The minimum Gasteiger partial charge on any atom is -0.465 e. The van der Waals surface area contributed by atoms with Gasteiger partial charge in [0.2, 0.25) is 0 Å². The van der Waals surface area contributed by atoms with Gasteiger partial charge in [-0.1, -0.05) is 11.8 Å². The third-order valence-electron chi connectivity index (χ3n) is 3.16. The number of aliphatic hydroxyl groups is 2. The molecule has 108 valence electrons. The summed E-state index contributed by atoms with van der Waals surface area (Å²) in [5.41, 5.74) is -0.409. The van der Waals surface area contributed by atoms with E-state index in [0.29, 0.717) is 5.17 Å². The molecule has 5 atom stereocenters. The van der Waals surface area contributed by atoms with Crippen LogP contribution in [-0.2, 0) is 4.74 Å². The average molecular weight is 291 g/mol. The fourth-order valence-electron chi connectivity index (χ4n) is 2.05. The van der Waals surface area contributed by atoms with Gasteiger partial charge in [0.25, 0.3) is 0 Å². The van der Waals surface area contributed by atoms with Crippen LogP contribution >= 0.6 is 11.8 Å². The number of hydrogen-bond donors (Lipinski definition) is 4. The number of nitrogens with one attached hydrogen (secondary N) is 1. The van der Waals surface area contributed by atoms with E-state index in [4.69, 9.17) is 9.84 Å². The fraction of sp³-hybridized carbons (Fsp3) is 0.800. The van der Waals surface area contributed by atoms with E-state index in [0.717, 1.165) is 4.90 Å². The van der Waals surface area contributed by atoms with Crippen molar-refractivity contribution in [3.63, 3.8) is 0 Å². The fourth-order valence-corrected chi connectivity index (χ4v) is 3.13. The molecule has 0 radical (unpaired) electrons. The predicted molar refractivity (Wildman–Crippen MR) is 69.2 cm³/mol. The van der Waals surface area contributed by atoms with Crippen molar-refractivity contribution < 1.29 is 24.9 Å². The Morgan fingerprint density at radius 1 is 1.53 bits per heavy atom. The van der Waals surface area contributed by atoms with Crippen LogP contribution in [0.5, 0.6) is 0 Å². The zero-order valence-electron chi connectivity index (χ0n) is 10.6. The molecule has 2 aliphatic rings. The number of likely N-dealkylation sites (N-methyl/N-ethyl adjacent to an activating group) is 1. The third-order valence-corrected chi connectivity index (χ3v) is 4.31. The van der Waals surface area contributed by atoms with Gasteiger partial charge in [-0.3, -0.25) is 4.99 Å². The van der Waals surface area contributed by atoms with E-state index in [9.17, 15) is 15.0 Å². The van der Waals surface area contributed by atoms with Crippen molar-refractivity contribution in [1.82, 2.24) is 10.2 Å². The zero-order chi connectivity index (χ0) is 14.2. The number of aliphatic hydroxyl groups excluding tert-OH is 2. The standard InChI is InChI=1S/C10H17N3O5S/c1-11-9-12-5-7(15)6(14)4(18-8(5)19-9)3-13(2)10(16)17/h4-8,14-15H,3H2,1-2H3,(H,11,12)(H,16,17)/t4-,5-,6-,7-,8-/m1/s1. The number of fused-ring (bicyclic) bond motifs is 1. The van der Waals surface area contributed by atoms with E-state index in [1.807, 2.05) is 0 Å². The summed E-state index contributed by atoms with van der Waals surface area (Å²) in [5.74, 6) is 0. The van der Waals surface area contributed by atoms with Crippen LogP contribution in [-0.4, -0.2) is 81.9 Å². The van der Waals surface area contributed by atoms with Gasteiger partial charge < -0.3 is 30.3 Å². The van der Waals surface area contributed by atoms with Gasteiger partial charge in [-0.25, -0.2) is 4.79 Å². The minimum atomic E-state index is -1.16. The maximum Gasteiger partial charge on any atom is 0.407 e. The van der Waals surface area contributed by atoms with Gasteiger partial charge in [-0.2, -0.15) is 0 Å². The molecule has 0 aromatic rings. The summed E-state index contributed by atoms with van der Waals surface area (Å²) in [7, 11) is 3.09. The maximum atomic E-state index is 10.8. The molecule has 0 spiro atoms. The highest BCUT2D eigenvalue weighted by Gasteiger charge is 2.48. The molecule has 0 aromatic carbocycles. The van der Waals surface area contributed by atoms with Gasteiger partial charge >= 0.3 is 6.09 Å². The number of aliphatic imine (C=N–C) groups is 1. The molecule has 8 nitrogen and oxygen atoms in total. The SMILES string of the molecule is CNC1=N[C@@H]2[C@@H](O)[C@H](O)[C@@H](CN(C)C(=O)O)O[C@@H]2S1. The van der Waals surface area contributed by atoms with Crippen molar-refractivity contribution >= 4 is 23.0 Å². The van der Waals surface area contributed by atoms with E-state index in [2.05, 4.69) is 10.3 Å². The molecule has 4 N–H and O–H groups in total. The number of hydrogen-bond acceptors (Lipinski definition) is 7. The van der Waals surface area contributed by atoms with Crippen LogP contribution in [0.1, 0.15) is 0 Å². The van der Waals surface area contributed by atoms with Crippen molar-refractivity contribution in [2.75, 3.05) is 20.6 Å². The second-order valence-electron chi connectivity index (χ2n) is 4.48. The summed E-state index contributed by atoms with van der Waals surface area (Å²) in [6.07, 6.45) is -4.11. The van der Waals surface area contributed by atoms with Crippen LogP contribution in [0.4, 0.5) is 4.79 Å². The molecular weight excluding hydrogens is 274 g/mol. The Hall–Kier alpha value is -1.03. The van der Waals surface area contributed by atoms with Crippen molar-refractivity contribution in [1.29, 1.82) is 0 Å². The Kier molecular flexibility index (Phi) is 4.19. The molecule has 1 saturated heterocycles. The van der Waals surface area contributed by atoms with Gasteiger partial charge in [-0.05, 0) is 0 Å². The number of nitrogens with zero attached hydrogens (tertiary/aromatic N) is 2. The average Bonchev–Trinajstić information content (AvgIpc) is 2.78. The van der Waals surface area contributed by atoms with E-state index in [1.54, 1.807) is 7.05 Å². The topological polar surface area (TPSA) is 115 Å². The summed E-state index contributed by atoms with van der Waals surface area (Å²) < 4.78 is 5.64. The third kappa shape index (κ3) is 2.78. The lowest BCUT2D eigenvalue weighted by atomic mass is 9.98. The normalized spacial score (nSPS) is 37.5. The number of amidine groups is 1. The monoisotopic (exact) mass is 291 g/mol. The second-order valence-corrected chi connectivity index (χ2v) is 5.57. The minimum absolute atomic E-state index is 0.00771. The first kappa shape index (κ1) is 14.4. The zero-order valence-corrected chi connectivity index (χ0v) is 11.4. The van der Waals surface area contributed by atoms with Crippen molar-refractivity contribution in [2.24, 2.45) is 4.99 Å². The van der Waals surface area contributed by atoms with Crippen LogP contribution in [0.2, 0.25) is 0 Å². The number of rotatable bonds is 2. The van der Waals surface area contributed by atoms with Gasteiger partial charge in [0.05, 0.1) is 6.54 Å². The summed E-state index contributed by atoms with van der Waals surface area (Å²) in [4.78, 5) is 16.0.